The van der Waals surface area contributed by atoms with Crippen molar-refractivity contribution in [1.29, 1.82) is 0 Å². The Bertz CT molecular complexity index is 502. The normalized spacial score (nSPS) is 21.4. The SMILES string of the molecule is CC1(C)CCCNC1CNc1ccc(C(N)=O)cc1Br. The number of piperidine rings is 1. The van der Waals surface area contributed by atoms with Crippen LogP contribution in [0.15, 0.2) is 22.7 Å². The number of halogens is 1. The maximum Gasteiger partial charge on any atom is 0.248 e. The summed E-state index contributed by atoms with van der Waals surface area (Å²) < 4.78 is 0.863. The molecular weight excluding hydrogens is 318 g/mol. The third kappa shape index (κ3) is 3.52. The highest BCUT2D eigenvalue weighted by Gasteiger charge is 2.31. The second-order valence-corrected chi connectivity index (χ2v) is 6.89. The van der Waals surface area contributed by atoms with Crippen molar-refractivity contribution in [3.8, 4) is 0 Å². The van der Waals surface area contributed by atoms with Crippen LogP contribution in [0.2, 0.25) is 0 Å². The summed E-state index contributed by atoms with van der Waals surface area (Å²) in [5.41, 5.74) is 7.06. The van der Waals surface area contributed by atoms with Gasteiger partial charge in [0.25, 0.3) is 0 Å². The van der Waals surface area contributed by atoms with Crippen LogP contribution in [0, 0.1) is 5.41 Å². The van der Waals surface area contributed by atoms with Gasteiger partial charge in [-0.2, -0.15) is 0 Å². The summed E-state index contributed by atoms with van der Waals surface area (Å²) in [4.78, 5) is 11.1. The zero-order valence-corrected chi connectivity index (χ0v) is 13.6. The Balaban J connectivity index is 2.02. The number of primary amides is 1. The van der Waals surface area contributed by atoms with Gasteiger partial charge in [0.2, 0.25) is 5.91 Å². The van der Waals surface area contributed by atoms with Crippen molar-refractivity contribution in [2.24, 2.45) is 11.1 Å². The zero-order chi connectivity index (χ0) is 14.8. The van der Waals surface area contributed by atoms with Gasteiger partial charge in [-0.15, -0.1) is 0 Å². The molecular formula is C15H22BrN3O. The Kier molecular flexibility index (Phi) is 4.70. The number of carbonyl (C=O) groups is 1. The second kappa shape index (κ2) is 6.14. The van der Waals surface area contributed by atoms with Crippen molar-refractivity contribution in [1.82, 2.24) is 5.32 Å². The van der Waals surface area contributed by atoms with E-state index in [4.69, 9.17) is 5.73 Å². The first-order chi connectivity index (χ1) is 9.40. The monoisotopic (exact) mass is 339 g/mol. The van der Waals surface area contributed by atoms with Crippen LogP contribution in [0.5, 0.6) is 0 Å². The molecule has 0 radical (unpaired) electrons. The van der Waals surface area contributed by atoms with E-state index in [1.54, 1.807) is 12.1 Å². The van der Waals surface area contributed by atoms with Crippen molar-refractivity contribution in [3.63, 3.8) is 0 Å². The predicted molar refractivity (Wildman–Crippen MR) is 86.0 cm³/mol. The van der Waals surface area contributed by atoms with E-state index in [9.17, 15) is 4.79 Å². The number of anilines is 1. The average molecular weight is 340 g/mol. The third-order valence-corrected chi connectivity index (χ3v) is 4.74. The molecule has 0 bridgehead atoms. The summed E-state index contributed by atoms with van der Waals surface area (Å²) in [6.07, 6.45) is 2.48. The highest BCUT2D eigenvalue weighted by Crippen LogP contribution is 2.31. The van der Waals surface area contributed by atoms with Crippen LogP contribution in [0.3, 0.4) is 0 Å². The lowest BCUT2D eigenvalue weighted by Crippen LogP contribution is -2.50. The summed E-state index contributed by atoms with van der Waals surface area (Å²) >= 11 is 3.48. The second-order valence-electron chi connectivity index (χ2n) is 6.04. The van der Waals surface area contributed by atoms with Crippen LogP contribution in [0.25, 0.3) is 0 Å². The molecule has 1 aliphatic heterocycles. The first-order valence-corrected chi connectivity index (χ1v) is 7.76. The minimum Gasteiger partial charge on any atom is -0.383 e. The van der Waals surface area contributed by atoms with E-state index in [0.717, 1.165) is 23.2 Å². The van der Waals surface area contributed by atoms with E-state index in [2.05, 4.69) is 40.4 Å². The fraction of sp³-hybridized carbons (Fsp3) is 0.533. The zero-order valence-electron chi connectivity index (χ0n) is 12.0. The summed E-state index contributed by atoms with van der Waals surface area (Å²) in [5, 5.41) is 7.02. The minimum absolute atomic E-state index is 0.297. The fourth-order valence-corrected chi connectivity index (χ4v) is 3.16. The number of nitrogens with one attached hydrogen (secondary N) is 2. The quantitative estimate of drug-likeness (QED) is 0.790. The Labute approximate surface area is 128 Å². The number of carbonyl (C=O) groups excluding carboxylic acids is 1. The molecule has 0 aromatic heterocycles. The lowest BCUT2D eigenvalue weighted by Gasteiger charge is -2.39. The Morgan fingerprint density at radius 1 is 1.55 bits per heavy atom. The van der Waals surface area contributed by atoms with Crippen LogP contribution in [0.4, 0.5) is 5.69 Å². The van der Waals surface area contributed by atoms with Gasteiger partial charge in [-0.1, -0.05) is 13.8 Å². The number of hydrogen-bond donors (Lipinski definition) is 3. The minimum atomic E-state index is -0.410. The lowest BCUT2D eigenvalue weighted by molar-refractivity contribution is 0.100. The molecule has 0 aliphatic carbocycles. The maximum atomic E-state index is 11.1. The van der Waals surface area contributed by atoms with Gasteiger partial charge in [-0.25, -0.2) is 0 Å². The van der Waals surface area contributed by atoms with Crippen molar-refractivity contribution in [2.45, 2.75) is 32.7 Å². The predicted octanol–water partition coefficient (Wildman–Crippen LogP) is 2.74. The Morgan fingerprint density at radius 2 is 2.30 bits per heavy atom. The molecule has 1 fully saturated rings. The topological polar surface area (TPSA) is 67.2 Å². The molecule has 1 saturated heterocycles. The molecule has 1 heterocycles. The highest BCUT2D eigenvalue weighted by atomic mass is 79.9. The van der Waals surface area contributed by atoms with E-state index in [1.807, 2.05) is 6.07 Å². The van der Waals surface area contributed by atoms with Gasteiger partial charge < -0.3 is 16.4 Å². The van der Waals surface area contributed by atoms with Crippen molar-refractivity contribution < 1.29 is 4.79 Å². The van der Waals surface area contributed by atoms with Gasteiger partial charge in [0, 0.05) is 28.3 Å². The lowest BCUT2D eigenvalue weighted by atomic mass is 9.77. The van der Waals surface area contributed by atoms with Gasteiger partial charge in [0.05, 0.1) is 0 Å². The van der Waals surface area contributed by atoms with Gasteiger partial charge >= 0.3 is 0 Å². The number of rotatable bonds is 4. The molecule has 1 unspecified atom stereocenters. The molecule has 1 aromatic rings. The van der Waals surface area contributed by atoms with Crippen molar-refractivity contribution in [3.05, 3.63) is 28.2 Å². The summed E-state index contributed by atoms with van der Waals surface area (Å²) in [6.45, 7) is 6.55. The van der Waals surface area contributed by atoms with Crippen molar-refractivity contribution >= 4 is 27.5 Å². The van der Waals surface area contributed by atoms with Crippen molar-refractivity contribution in [2.75, 3.05) is 18.4 Å². The Morgan fingerprint density at radius 3 is 2.90 bits per heavy atom. The summed E-state index contributed by atoms with van der Waals surface area (Å²) in [7, 11) is 0. The molecule has 0 spiro atoms. The number of hydrogen-bond acceptors (Lipinski definition) is 3. The molecule has 4 N–H and O–H groups in total. The molecule has 110 valence electrons. The van der Waals surface area contributed by atoms with E-state index in [-0.39, 0.29) is 0 Å². The van der Waals surface area contributed by atoms with Gasteiger partial charge in [0.1, 0.15) is 0 Å². The smallest absolute Gasteiger partial charge is 0.248 e. The largest absolute Gasteiger partial charge is 0.383 e. The number of amides is 1. The highest BCUT2D eigenvalue weighted by molar-refractivity contribution is 9.10. The van der Waals surface area contributed by atoms with Gasteiger partial charge in [0.15, 0.2) is 0 Å². The van der Waals surface area contributed by atoms with E-state index >= 15 is 0 Å². The molecule has 1 aliphatic rings. The number of benzene rings is 1. The molecule has 1 atom stereocenters. The van der Waals surface area contributed by atoms with Gasteiger partial charge in [-0.3, -0.25) is 4.79 Å². The molecule has 1 amide bonds. The standard InChI is InChI=1S/C15H22BrN3O/c1-15(2)6-3-7-18-13(15)9-19-12-5-4-10(14(17)20)8-11(12)16/h4-5,8,13,18-19H,3,6-7,9H2,1-2H3,(H2,17,20). The van der Waals surface area contributed by atoms with Crippen LogP contribution < -0.4 is 16.4 Å². The molecule has 5 heteroatoms. The third-order valence-electron chi connectivity index (χ3n) is 4.08. The maximum absolute atomic E-state index is 11.1. The first-order valence-electron chi connectivity index (χ1n) is 6.97. The van der Waals surface area contributed by atoms with Crippen LogP contribution in [-0.2, 0) is 0 Å². The van der Waals surface area contributed by atoms with E-state index in [1.165, 1.54) is 12.8 Å². The summed E-state index contributed by atoms with van der Waals surface area (Å²) in [5.74, 6) is -0.410. The van der Waals surface area contributed by atoms with Crippen LogP contribution in [-0.4, -0.2) is 25.0 Å². The Hall–Kier alpha value is -1.07. The molecule has 1 aromatic carbocycles. The molecule has 0 saturated carbocycles. The van der Waals surface area contributed by atoms with Gasteiger partial charge in [-0.05, 0) is 58.9 Å². The average Bonchev–Trinajstić information content (AvgIpc) is 2.38. The van der Waals surface area contributed by atoms with Crippen LogP contribution >= 0.6 is 15.9 Å². The van der Waals surface area contributed by atoms with E-state index in [0.29, 0.717) is 17.0 Å². The molecule has 20 heavy (non-hydrogen) atoms. The van der Waals surface area contributed by atoms with E-state index < -0.39 is 5.91 Å². The molecule has 4 nitrogen and oxygen atoms in total. The van der Waals surface area contributed by atoms with Crippen LogP contribution in [0.1, 0.15) is 37.0 Å². The number of nitrogens with two attached hydrogens (primary N) is 1. The molecule has 2 rings (SSSR count). The summed E-state index contributed by atoms with van der Waals surface area (Å²) in [6, 6.07) is 5.83. The fourth-order valence-electron chi connectivity index (χ4n) is 2.64. The first kappa shape index (κ1) is 15.3.